The number of hydrogen-bond donors (Lipinski definition) is 3. The molecule has 33 heavy (non-hydrogen) atoms. The van der Waals surface area contributed by atoms with Gasteiger partial charge in [-0.2, -0.15) is 0 Å². The third-order valence-corrected chi connectivity index (χ3v) is 7.72. The molecule has 1 fully saturated rings. The number of carbonyl (C=O) groups excluding carboxylic acids is 2. The molecule has 8 nitrogen and oxygen atoms in total. The van der Waals surface area contributed by atoms with E-state index in [2.05, 4.69) is 0 Å². The molecule has 1 aromatic rings. The van der Waals surface area contributed by atoms with Crippen LogP contribution in [-0.2, 0) is 20.7 Å². The predicted molar refractivity (Wildman–Crippen MR) is 126 cm³/mol. The van der Waals surface area contributed by atoms with Crippen LogP contribution in [0.2, 0.25) is 0 Å². The molecule has 4 atom stereocenters. The Morgan fingerprint density at radius 3 is 2.42 bits per heavy atom. The van der Waals surface area contributed by atoms with Gasteiger partial charge in [-0.25, -0.2) is 0 Å². The first-order chi connectivity index (χ1) is 15.5. The number of rotatable bonds is 4. The number of amides is 1. The van der Waals surface area contributed by atoms with Crippen molar-refractivity contribution >= 4 is 23.1 Å². The minimum Gasteiger partial charge on any atom is -0.510 e. The van der Waals surface area contributed by atoms with Crippen LogP contribution in [0.4, 0.5) is 5.69 Å². The lowest BCUT2D eigenvalue weighted by Crippen LogP contribution is -2.63. The molecule has 0 aliphatic heterocycles. The summed E-state index contributed by atoms with van der Waals surface area (Å²) in [4.78, 5) is 30.1. The molecule has 4 rings (SSSR count). The highest BCUT2D eigenvalue weighted by molar-refractivity contribution is 6.10. The maximum absolute atomic E-state index is 14.1. The average molecular weight is 456 g/mol. The summed E-state index contributed by atoms with van der Waals surface area (Å²) in [5.41, 5.74) is 8.14. The fourth-order valence-corrected chi connectivity index (χ4v) is 6.22. The topological polar surface area (TPSA) is 116 Å². The average Bonchev–Trinajstić information content (AvgIpc) is 2.72. The number of methoxy groups -OCH3 is 1. The quantitative estimate of drug-likeness (QED) is 0.637. The Labute approximate surface area is 194 Å². The molecule has 178 valence electrons. The lowest BCUT2D eigenvalue weighted by atomic mass is 9.57. The number of Topliss-reactive ketones (excluding diaryl/α,β-unsaturated/α-hetero) is 1. The zero-order valence-electron chi connectivity index (χ0n) is 20.1. The number of likely N-dealkylation sites (N-methyl/N-ethyl adjacent to an activating group) is 1. The van der Waals surface area contributed by atoms with E-state index in [4.69, 9.17) is 10.5 Å². The van der Waals surface area contributed by atoms with E-state index >= 15 is 0 Å². The van der Waals surface area contributed by atoms with Crippen molar-refractivity contribution in [3.05, 3.63) is 45.7 Å². The molecule has 3 aliphatic rings. The number of carbonyl (C=O) groups is 2. The van der Waals surface area contributed by atoms with Crippen molar-refractivity contribution in [1.82, 2.24) is 4.90 Å². The van der Waals surface area contributed by atoms with Gasteiger partial charge in [0, 0.05) is 50.4 Å². The summed E-state index contributed by atoms with van der Waals surface area (Å²) < 4.78 is 5.90. The molecule has 0 radical (unpaired) electrons. The Kier molecular flexibility index (Phi) is 5.57. The van der Waals surface area contributed by atoms with Gasteiger partial charge in [-0.15, -0.1) is 0 Å². The number of nitrogens with zero attached hydrogens (tertiary/aromatic N) is 2. The molecule has 0 aromatic heterocycles. The van der Waals surface area contributed by atoms with Crippen LogP contribution in [0.5, 0.6) is 0 Å². The molecule has 4 N–H and O–H groups in total. The highest BCUT2D eigenvalue weighted by Crippen LogP contribution is 2.54. The maximum atomic E-state index is 14.1. The molecule has 1 amide bonds. The Morgan fingerprint density at radius 2 is 1.88 bits per heavy atom. The van der Waals surface area contributed by atoms with Gasteiger partial charge < -0.3 is 25.6 Å². The first kappa shape index (κ1) is 23.3. The number of benzene rings is 1. The Hall–Kier alpha value is -2.84. The smallest absolute Gasteiger partial charge is 0.248 e. The Balaban J connectivity index is 1.95. The van der Waals surface area contributed by atoms with E-state index in [1.54, 1.807) is 19.0 Å². The van der Waals surface area contributed by atoms with Crippen LogP contribution in [-0.4, -0.2) is 73.7 Å². The number of aliphatic hydroxyl groups excluding tert-OH is 2. The highest BCUT2D eigenvalue weighted by Gasteiger charge is 2.61. The number of ketones is 1. The summed E-state index contributed by atoms with van der Waals surface area (Å²) in [5.74, 6) is -1.86. The molecule has 3 aliphatic carbocycles. The molecule has 1 aromatic carbocycles. The fraction of sp³-hybridized carbons (Fsp3) is 0.520. The number of anilines is 1. The van der Waals surface area contributed by atoms with Gasteiger partial charge in [-0.3, -0.25) is 14.5 Å². The summed E-state index contributed by atoms with van der Waals surface area (Å²) in [7, 11) is 8.95. The standard InChI is InChI=1S/C25H33N3O5/c1-12-7-8-17(27(2)3)14-9-13-10-16-20(28(4)5)21(29)15(24(26)32)11-25(16,33-6)23(31)19(13)22(30)18(12)14/h7-8,13,16,20,29-30H,9-11H2,1-6H3,(H2,26,32)/t13-,16-,20-,25-/m0/s1. The molecule has 8 heteroatoms. The largest absolute Gasteiger partial charge is 0.510 e. The summed E-state index contributed by atoms with van der Waals surface area (Å²) >= 11 is 0. The third-order valence-electron chi connectivity index (χ3n) is 7.72. The number of aryl methyl sites for hydroxylation is 1. The van der Waals surface area contributed by atoms with Crippen molar-refractivity contribution in [2.75, 3.05) is 40.2 Å². The van der Waals surface area contributed by atoms with Gasteiger partial charge in [0.05, 0.1) is 11.6 Å². The lowest BCUT2D eigenvalue weighted by Gasteiger charge is -2.53. The van der Waals surface area contributed by atoms with Gasteiger partial charge in [0.25, 0.3) is 0 Å². The SMILES string of the molecule is CO[C@@]12CC(C(N)=O)=C(O)[C@@H](N(C)C)[C@@H]1C[C@@H]1Cc3c(N(C)C)ccc(C)c3C(O)=C1C2=O. The van der Waals surface area contributed by atoms with Crippen molar-refractivity contribution in [3.63, 3.8) is 0 Å². The number of nitrogens with two attached hydrogens (primary N) is 1. The Bertz CT molecular complexity index is 1100. The Morgan fingerprint density at radius 1 is 1.21 bits per heavy atom. The summed E-state index contributed by atoms with van der Waals surface area (Å²) in [5, 5.41) is 22.4. The van der Waals surface area contributed by atoms with E-state index < -0.39 is 23.5 Å². The highest BCUT2D eigenvalue weighted by atomic mass is 16.5. The molecule has 0 saturated heterocycles. The van der Waals surface area contributed by atoms with E-state index in [0.29, 0.717) is 24.0 Å². The monoisotopic (exact) mass is 455 g/mol. The van der Waals surface area contributed by atoms with Crippen molar-refractivity contribution in [2.45, 2.75) is 37.8 Å². The first-order valence-corrected chi connectivity index (χ1v) is 11.2. The molecule has 0 unspecified atom stereocenters. The third kappa shape index (κ3) is 3.19. The zero-order chi connectivity index (χ0) is 24.4. The number of fused-ring (bicyclic) bond motifs is 3. The van der Waals surface area contributed by atoms with Crippen molar-refractivity contribution in [1.29, 1.82) is 0 Å². The fourth-order valence-electron chi connectivity index (χ4n) is 6.22. The maximum Gasteiger partial charge on any atom is 0.248 e. The molecular weight excluding hydrogens is 422 g/mol. The number of aliphatic hydroxyl groups is 2. The summed E-state index contributed by atoms with van der Waals surface area (Å²) in [6.07, 6.45) is 0.989. The van der Waals surface area contributed by atoms with Crippen LogP contribution in [0.15, 0.2) is 29.0 Å². The van der Waals surface area contributed by atoms with E-state index in [1.165, 1.54) is 7.11 Å². The second-order valence-electron chi connectivity index (χ2n) is 9.89. The van der Waals surface area contributed by atoms with Gasteiger partial charge in [0.1, 0.15) is 17.1 Å². The minimum atomic E-state index is -1.39. The molecule has 0 bridgehead atoms. The van der Waals surface area contributed by atoms with Crippen LogP contribution < -0.4 is 10.6 Å². The van der Waals surface area contributed by atoms with Crippen molar-refractivity contribution < 1.29 is 24.5 Å². The predicted octanol–water partition coefficient (Wildman–Crippen LogP) is 2.11. The number of primary amides is 1. The molecule has 0 spiro atoms. The van der Waals surface area contributed by atoms with E-state index in [0.717, 1.165) is 16.8 Å². The van der Waals surface area contributed by atoms with Crippen LogP contribution in [0.25, 0.3) is 5.76 Å². The molecule has 1 saturated carbocycles. The van der Waals surface area contributed by atoms with Gasteiger partial charge in [-0.05, 0) is 57.0 Å². The van der Waals surface area contributed by atoms with Crippen molar-refractivity contribution in [2.24, 2.45) is 17.6 Å². The zero-order valence-corrected chi connectivity index (χ0v) is 20.1. The molecular formula is C25H33N3O5. The van der Waals surface area contributed by atoms with Crippen LogP contribution in [0.3, 0.4) is 0 Å². The van der Waals surface area contributed by atoms with E-state index in [-0.39, 0.29) is 35.2 Å². The molecule has 0 heterocycles. The van der Waals surface area contributed by atoms with Crippen LogP contribution in [0.1, 0.15) is 29.5 Å². The lowest BCUT2D eigenvalue weighted by molar-refractivity contribution is -0.157. The summed E-state index contributed by atoms with van der Waals surface area (Å²) in [6, 6.07) is 3.37. The normalized spacial score (nSPS) is 29.1. The van der Waals surface area contributed by atoms with Gasteiger partial charge in [0.2, 0.25) is 5.91 Å². The second kappa shape index (κ2) is 7.88. The first-order valence-electron chi connectivity index (χ1n) is 11.2. The number of ether oxygens (including phenoxy) is 1. The van der Waals surface area contributed by atoms with Gasteiger partial charge >= 0.3 is 0 Å². The van der Waals surface area contributed by atoms with Crippen LogP contribution in [0, 0.1) is 18.8 Å². The van der Waals surface area contributed by atoms with E-state index in [1.807, 2.05) is 38.1 Å². The minimum absolute atomic E-state index is 0.000902. The van der Waals surface area contributed by atoms with Crippen LogP contribution >= 0.6 is 0 Å². The van der Waals surface area contributed by atoms with Crippen molar-refractivity contribution in [3.8, 4) is 0 Å². The van der Waals surface area contributed by atoms with Gasteiger partial charge in [-0.1, -0.05) is 6.07 Å². The van der Waals surface area contributed by atoms with E-state index in [9.17, 15) is 19.8 Å². The van der Waals surface area contributed by atoms with Gasteiger partial charge in [0.15, 0.2) is 5.78 Å². The second-order valence-corrected chi connectivity index (χ2v) is 9.89. The number of hydrogen-bond acceptors (Lipinski definition) is 7. The summed E-state index contributed by atoms with van der Waals surface area (Å²) in [6.45, 7) is 1.92.